The number of carbonyl (C=O) groups excluding carboxylic acids is 1. The van der Waals surface area contributed by atoms with Crippen LogP contribution in [0, 0.1) is 0 Å². The second-order valence-corrected chi connectivity index (χ2v) is 7.36. The second-order valence-electron chi connectivity index (χ2n) is 5.35. The van der Waals surface area contributed by atoms with Crippen molar-refractivity contribution < 1.29 is 4.79 Å². The summed E-state index contributed by atoms with van der Waals surface area (Å²) in [5.74, 6) is 0.273. The number of rotatable bonds is 4. The zero-order chi connectivity index (χ0) is 14.1. The third-order valence-corrected chi connectivity index (χ3v) is 5.57. The smallest absolute Gasteiger partial charge is 0.186 e. The number of thiazole rings is 1. The zero-order valence-corrected chi connectivity index (χ0v) is 13.4. The summed E-state index contributed by atoms with van der Waals surface area (Å²) < 4.78 is 0. The maximum absolute atomic E-state index is 12.0. The third kappa shape index (κ3) is 2.65. The van der Waals surface area contributed by atoms with Crippen LogP contribution < -0.4 is 4.90 Å². The molecule has 3 nitrogen and oxygen atoms in total. The van der Waals surface area contributed by atoms with E-state index in [4.69, 9.17) is 4.98 Å². The van der Waals surface area contributed by atoms with Crippen LogP contribution in [-0.2, 0) is 13.0 Å². The Morgan fingerprint density at radius 2 is 2.25 bits per heavy atom. The van der Waals surface area contributed by atoms with Crippen molar-refractivity contribution in [3.8, 4) is 0 Å². The molecular weight excluding hydrogens is 288 g/mol. The number of carbonyl (C=O) groups is 1. The van der Waals surface area contributed by atoms with Gasteiger partial charge in [0, 0.05) is 17.3 Å². The lowest BCUT2D eigenvalue weighted by atomic mass is 10.0. The Hall–Kier alpha value is -1.20. The molecule has 0 aromatic carbocycles. The van der Waals surface area contributed by atoms with Gasteiger partial charge in [-0.3, -0.25) is 4.79 Å². The van der Waals surface area contributed by atoms with E-state index in [0.717, 1.165) is 35.1 Å². The van der Waals surface area contributed by atoms with Gasteiger partial charge in [-0.1, -0.05) is 17.4 Å². The van der Waals surface area contributed by atoms with Gasteiger partial charge in [-0.2, -0.15) is 0 Å². The van der Waals surface area contributed by atoms with E-state index in [0.29, 0.717) is 12.5 Å². The summed E-state index contributed by atoms with van der Waals surface area (Å²) in [6, 6.07) is 4.60. The highest BCUT2D eigenvalue weighted by Gasteiger charge is 2.25. The number of nitrogens with zero attached hydrogens (tertiary/aromatic N) is 2. The van der Waals surface area contributed by atoms with Crippen LogP contribution in [0.15, 0.2) is 17.5 Å². The third-order valence-electron chi connectivity index (χ3n) is 3.53. The first kappa shape index (κ1) is 13.8. The molecule has 1 aliphatic rings. The molecule has 0 saturated heterocycles. The molecule has 0 N–H and O–H groups in total. The Kier molecular flexibility index (Phi) is 3.89. The normalized spacial score (nSPS) is 14.7. The van der Waals surface area contributed by atoms with Gasteiger partial charge in [0.05, 0.1) is 17.1 Å². The molecule has 1 aliphatic carbocycles. The number of Topliss-reactive ketones (excluding diaryl/α,β-unsaturated/α-hetero) is 1. The van der Waals surface area contributed by atoms with Gasteiger partial charge in [0.1, 0.15) is 0 Å². The first-order valence-electron chi connectivity index (χ1n) is 6.97. The first-order chi connectivity index (χ1) is 9.65. The Morgan fingerprint density at radius 3 is 2.90 bits per heavy atom. The fraction of sp³-hybridized carbons (Fsp3) is 0.467. The highest BCUT2D eigenvalue weighted by Crippen LogP contribution is 2.33. The lowest BCUT2D eigenvalue weighted by molar-refractivity contribution is 0.0976. The number of aromatic nitrogens is 1. The number of anilines is 1. The van der Waals surface area contributed by atoms with E-state index in [1.54, 1.807) is 22.7 Å². The minimum atomic E-state index is 0.273. The molecule has 0 spiro atoms. The van der Waals surface area contributed by atoms with E-state index in [1.807, 2.05) is 0 Å². The van der Waals surface area contributed by atoms with Gasteiger partial charge in [-0.25, -0.2) is 4.98 Å². The van der Waals surface area contributed by atoms with E-state index in [1.165, 1.54) is 4.88 Å². The summed E-state index contributed by atoms with van der Waals surface area (Å²) in [7, 11) is 0. The van der Waals surface area contributed by atoms with Gasteiger partial charge in [-0.05, 0) is 38.1 Å². The van der Waals surface area contributed by atoms with Gasteiger partial charge in [0.2, 0.25) is 0 Å². The molecule has 0 saturated carbocycles. The quantitative estimate of drug-likeness (QED) is 0.851. The fourth-order valence-corrected chi connectivity index (χ4v) is 4.34. The van der Waals surface area contributed by atoms with Crippen molar-refractivity contribution in [3.05, 3.63) is 33.0 Å². The van der Waals surface area contributed by atoms with Gasteiger partial charge in [0.15, 0.2) is 10.9 Å². The van der Waals surface area contributed by atoms with E-state index in [-0.39, 0.29) is 5.78 Å². The number of fused-ring (bicyclic) bond motifs is 1. The monoisotopic (exact) mass is 306 g/mol. The molecule has 0 aliphatic heterocycles. The van der Waals surface area contributed by atoms with Crippen LogP contribution in [0.1, 0.15) is 46.9 Å². The van der Waals surface area contributed by atoms with Crippen molar-refractivity contribution in [3.63, 3.8) is 0 Å². The van der Waals surface area contributed by atoms with Crippen molar-refractivity contribution in [2.24, 2.45) is 0 Å². The lowest BCUT2D eigenvalue weighted by Gasteiger charge is -2.25. The van der Waals surface area contributed by atoms with Crippen LogP contribution >= 0.6 is 22.7 Å². The second kappa shape index (κ2) is 5.66. The standard InChI is InChI=1S/C15H18N2OS2/c1-10(2)17(9-11-5-4-8-19-11)15-16-12-6-3-7-13(18)14(12)20-15/h4-5,8,10H,3,6-7,9H2,1-2H3. The lowest BCUT2D eigenvalue weighted by Crippen LogP contribution is -2.29. The van der Waals surface area contributed by atoms with Crippen LogP contribution in [0.25, 0.3) is 0 Å². The van der Waals surface area contributed by atoms with Crippen LogP contribution in [-0.4, -0.2) is 16.8 Å². The van der Waals surface area contributed by atoms with Crippen LogP contribution in [0.5, 0.6) is 0 Å². The SMILES string of the molecule is CC(C)N(Cc1cccs1)c1nc2c(s1)C(=O)CCC2. The molecule has 2 heterocycles. The van der Waals surface area contributed by atoms with Gasteiger partial charge < -0.3 is 4.90 Å². The largest absolute Gasteiger partial charge is 0.341 e. The maximum Gasteiger partial charge on any atom is 0.186 e. The molecule has 2 aromatic rings. The molecule has 5 heteroatoms. The molecule has 0 fully saturated rings. The molecule has 2 aromatic heterocycles. The summed E-state index contributed by atoms with van der Waals surface area (Å²) in [5, 5.41) is 3.10. The average Bonchev–Trinajstić information content (AvgIpc) is 3.05. The zero-order valence-electron chi connectivity index (χ0n) is 11.8. The van der Waals surface area contributed by atoms with E-state index >= 15 is 0 Å². The number of aryl methyl sites for hydroxylation is 1. The average molecular weight is 306 g/mol. The number of hydrogen-bond donors (Lipinski definition) is 0. The Morgan fingerprint density at radius 1 is 1.40 bits per heavy atom. The molecule has 106 valence electrons. The van der Waals surface area contributed by atoms with Gasteiger partial charge in [0.25, 0.3) is 0 Å². The van der Waals surface area contributed by atoms with Crippen LogP contribution in [0.3, 0.4) is 0 Å². The van der Waals surface area contributed by atoms with Crippen molar-refractivity contribution >= 4 is 33.6 Å². The van der Waals surface area contributed by atoms with Gasteiger partial charge >= 0.3 is 0 Å². The molecular formula is C15H18N2OS2. The molecule has 0 atom stereocenters. The molecule has 20 heavy (non-hydrogen) atoms. The van der Waals surface area contributed by atoms with Crippen molar-refractivity contribution in [1.82, 2.24) is 4.98 Å². The summed E-state index contributed by atoms with van der Waals surface area (Å²) in [6.07, 6.45) is 2.57. The molecule has 0 radical (unpaired) electrons. The predicted octanol–water partition coefficient (Wildman–Crippen LogP) is 4.14. The molecule has 3 rings (SSSR count). The van der Waals surface area contributed by atoms with Gasteiger partial charge in [-0.15, -0.1) is 11.3 Å². The number of ketones is 1. The minimum Gasteiger partial charge on any atom is -0.341 e. The van der Waals surface area contributed by atoms with Crippen LogP contribution in [0.2, 0.25) is 0 Å². The Balaban J connectivity index is 1.90. The summed E-state index contributed by atoms with van der Waals surface area (Å²) in [6.45, 7) is 5.22. The predicted molar refractivity (Wildman–Crippen MR) is 85.0 cm³/mol. The van der Waals surface area contributed by atoms with E-state index < -0.39 is 0 Å². The fourth-order valence-electron chi connectivity index (χ4n) is 2.42. The summed E-state index contributed by atoms with van der Waals surface area (Å²) in [4.78, 5) is 21.2. The van der Waals surface area contributed by atoms with Crippen molar-refractivity contribution in [2.75, 3.05) is 4.90 Å². The summed E-state index contributed by atoms with van der Waals surface area (Å²) >= 11 is 3.34. The molecule has 0 amide bonds. The molecule has 0 unspecified atom stereocenters. The number of thiophene rings is 1. The van der Waals surface area contributed by atoms with Crippen LogP contribution in [0.4, 0.5) is 5.13 Å². The highest BCUT2D eigenvalue weighted by atomic mass is 32.1. The van der Waals surface area contributed by atoms with E-state index in [2.05, 4.69) is 36.3 Å². The number of hydrogen-bond acceptors (Lipinski definition) is 5. The molecule has 0 bridgehead atoms. The Labute approximate surface area is 127 Å². The first-order valence-corrected chi connectivity index (χ1v) is 8.66. The van der Waals surface area contributed by atoms with Crippen molar-refractivity contribution in [1.29, 1.82) is 0 Å². The van der Waals surface area contributed by atoms with Crippen molar-refractivity contribution in [2.45, 2.75) is 45.7 Å². The minimum absolute atomic E-state index is 0.273. The topological polar surface area (TPSA) is 33.2 Å². The summed E-state index contributed by atoms with van der Waals surface area (Å²) in [5.41, 5.74) is 1.01. The van der Waals surface area contributed by atoms with E-state index in [9.17, 15) is 4.79 Å². The maximum atomic E-state index is 12.0. The Bertz CT molecular complexity index is 601. The highest BCUT2D eigenvalue weighted by molar-refractivity contribution is 7.17.